The Labute approximate surface area is 71.4 Å². The fourth-order valence-corrected chi connectivity index (χ4v) is 1.36. The first-order valence-corrected chi connectivity index (χ1v) is 4.19. The van der Waals surface area contributed by atoms with E-state index in [2.05, 4.69) is 35.4 Å². The number of rotatable bonds is 1. The molecule has 3 radical (unpaired) electrons. The van der Waals surface area contributed by atoms with Crippen LogP contribution in [0.1, 0.15) is 19.4 Å². The van der Waals surface area contributed by atoms with Gasteiger partial charge in [-0.2, -0.15) is 0 Å². The highest BCUT2D eigenvalue weighted by molar-refractivity contribution is 6.34. The van der Waals surface area contributed by atoms with Crippen molar-refractivity contribution in [3.63, 3.8) is 0 Å². The van der Waals surface area contributed by atoms with Crippen LogP contribution in [0.2, 0.25) is 0 Å². The highest BCUT2D eigenvalue weighted by Gasteiger charge is 1.95. The molecule has 0 amide bonds. The van der Waals surface area contributed by atoms with Crippen LogP contribution in [-0.2, 0) is 0 Å². The third-order valence-electron chi connectivity index (χ3n) is 1.78. The molecule has 0 saturated carbocycles. The van der Waals surface area contributed by atoms with Gasteiger partial charge in [0.1, 0.15) is 0 Å². The Morgan fingerprint density at radius 3 is 2.55 bits per heavy atom. The molecule has 1 rings (SSSR count). The van der Waals surface area contributed by atoms with Gasteiger partial charge in [0, 0.05) is 0 Å². The van der Waals surface area contributed by atoms with Gasteiger partial charge < -0.3 is 0 Å². The Bertz CT molecular complexity index is 274. The van der Waals surface area contributed by atoms with E-state index < -0.39 is 0 Å². The molecule has 0 aliphatic carbocycles. The molecule has 0 bridgehead atoms. The van der Waals surface area contributed by atoms with Crippen molar-refractivity contribution in [2.24, 2.45) is 0 Å². The third kappa shape index (κ3) is 1.81. The maximum atomic E-state index is 3.55. The van der Waals surface area contributed by atoms with E-state index in [0.717, 1.165) is 5.19 Å². The van der Waals surface area contributed by atoms with Gasteiger partial charge in [-0.3, -0.25) is 0 Å². The van der Waals surface area contributed by atoms with Gasteiger partial charge in [-0.05, 0) is 25.0 Å². The van der Waals surface area contributed by atoms with Gasteiger partial charge >= 0.3 is 0 Å². The molecule has 11 heavy (non-hydrogen) atoms. The first-order valence-electron chi connectivity index (χ1n) is 3.69. The summed E-state index contributed by atoms with van der Waals surface area (Å²) in [6.45, 7) is 4.16. The summed E-state index contributed by atoms with van der Waals surface area (Å²) in [4.78, 5) is 0. The van der Waals surface area contributed by atoms with E-state index in [1.54, 1.807) is 0 Å². The zero-order valence-electron chi connectivity index (χ0n) is 6.89. The molecule has 0 atom stereocenters. The van der Waals surface area contributed by atoms with Gasteiger partial charge in [0.15, 0.2) is 0 Å². The zero-order chi connectivity index (χ0) is 8.27. The average molecular weight is 159 g/mol. The fraction of sp³-hybridized carbons (Fsp3) is 0.200. The van der Waals surface area contributed by atoms with Crippen LogP contribution in [0.25, 0.3) is 5.57 Å². The molecule has 0 nitrogen and oxygen atoms in total. The maximum Gasteiger partial charge on any atom is 0.0720 e. The summed E-state index contributed by atoms with van der Waals surface area (Å²) in [5.74, 6) is 0. The summed E-state index contributed by atoms with van der Waals surface area (Å²) in [6, 6.07) is 8.23. The minimum absolute atomic E-state index is 1.16. The smallest absolute Gasteiger partial charge is 0.0720 e. The van der Waals surface area contributed by atoms with E-state index >= 15 is 0 Å². The molecule has 0 spiro atoms. The van der Waals surface area contributed by atoms with Crippen LogP contribution in [0, 0.1) is 0 Å². The highest BCUT2D eigenvalue weighted by atomic mass is 28.1. The minimum Gasteiger partial charge on any atom is -0.0841 e. The molecular formula is C10H11Si. The van der Waals surface area contributed by atoms with E-state index in [4.69, 9.17) is 0 Å². The van der Waals surface area contributed by atoms with Crippen molar-refractivity contribution >= 4 is 21.0 Å². The van der Waals surface area contributed by atoms with E-state index in [1.165, 1.54) is 11.1 Å². The summed E-state index contributed by atoms with van der Waals surface area (Å²) in [5.41, 5.74) is 2.57. The number of hydrogen-bond acceptors (Lipinski definition) is 0. The molecular weight excluding hydrogens is 148 g/mol. The Balaban J connectivity index is 3.14. The SMILES string of the molecule is CC=C(C)c1ccccc1[Si]. The summed E-state index contributed by atoms with van der Waals surface area (Å²) in [7, 11) is 3.55. The van der Waals surface area contributed by atoms with Gasteiger partial charge in [0.05, 0.1) is 10.2 Å². The van der Waals surface area contributed by atoms with Crippen LogP contribution in [-0.4, -0.2) is 10.2 Å². The molecule has 1 aromatic rings. The first-order chi connectivity index (χ1) is 5.25. The standard InChI is InChI=1S/C10H11Si/c1-3-8(2)9-6-4-5-7-10(9)11/h3-7H,1-2H3. The molecule has 0 N–H and O–H groups in total. The molecule has 0 aliphatic rings. The monoisotopic (exact) mass is 159 g/mol. The van der Waals surface area contributed by atoms with Crippen LogP contribution in [0.15, 0.2) is 30.3 Å². The van der Waals surface area contributed by atoms with Gasteiger partial charge in [-0.1, -0.05) is 35.5 Å². The summed E-state index contributed by atoms with van der Waals surface area (Å²) in [5, 5.41) is 1.16. The predicted octanol–water partition coefficient (Wildman–Crippen LogP) is 1.90. The highest BCUT2D eigenvalue weighted by Crippen LogP contribution is 2.08. The molecule has 1 aromatic carbocycles. The fourth-order valence-electron chi connectivity index (χ4n) is 0.982. The predicted molar refractivity (Wildman–Crippen MR) is 51.2 cm³/mol. The lowest BCUT2D eigenvalue weighted by molar-refractivity contribution is 1.57. The number of hydrogen-bond donors (Lipinski definition) is 0. The van der Waals surface area contributed by atoms with Crippen molar-refractivity contribution in [2.75, 3.05) is 0 Å². The van der Waals surface area contributed by atoms with Crippen molar-refractivity contribution < 1.29 is 0 Å². The molecule has 0 fully saturated rings. The molecule has 55 valence electrons. The minimum atomic E-state index is 1.16. The van der Waals surface area contributed by atoms with Crippen molar-refractivity contribution in [3.8, 4) is 0 Å². The largest absolute Gasteiger partial charge is 0.0841 e. The summed E-state index contributed by atoms with van der Waals surface area (Å²) >= 11 is 0. The van der Waals surface area contributed by atoms with Crippen LogP contribution in [0.4, 0.5) is 0 Å². The summed E-state index contributed by atoms with van der Waals surface area (Å²) < 4.78 is 0. The Hall–Kier alpha value is -0.823. The lowest BCUT2D eigenvalue weighted by Crippen LogP contribution is -2.07. The molecule has 1 heteroatoms. The van der Waals surface area contributed by atoms with Gasteiger partial charge in [0.25, 0.3) is 0 Å². The molecule has 0 saturated heterocycles. The molecule has 0 unspecified atom stereocenters. The second-order valence-electron chi connectivity index (χ2n) is 2.52. The normalized spacial score (nSPS) is 11.7. The first kappa shape index (κ1) is 8.28. The van der Waals surface area contributed by atoms with Crippen molar-refractivity contribution in [1.82, 2.24) is 0 Å². The van der Waals surface area contributed by atoms with E-state index in [1.807, 2.05) is 19.1 Å². The van der Waals surface area contributed by atoms with Crippen molar-refractivity contribution in [2.45, 2.75) is 13.8 Å². The molecule has 0 aliphatic heterocycles. The van der Waals surface area contributed by atoms with E-state index in [0.29, 0.717) is 0 Å². The Kier molecular flexibility index (Phi) is 2.66. The topological polar surface area (TPSA) is 0 Å². The van der Waals surface area contributed by atoms with Crippen molar-refractivity contribution in [3.05, 3.63) is 35.9 Å². The summed E-state index contributed by atoms with van der Waals surface area (Å²) in [6.07, 6.45) is 2.11. The second kappa shape index (κ2) is 3.53. The van der Waals surface area contributed by atoms with E-state index in [-0.39, 0.29) is 0 Å². The Morgan fingerprint density at radius 1 is 1.36 bits per heavy atom. The van der Waals surface area contributed by atoms with Crippen LogP contribution >= 0.6 is 0 Å². The lowest BCUT2D eigenvalue weighted by atomic mass is 10.1. The van der Waals surface area contributed by atoms with Crippen LogP contribution < -0.4 is 5.19 Å². The lowest BCUT2D eigenvalue weighted by Gasteiger charge is -2.03. The number of allylic oxidation sites excluding steroid dienone is 2. The molecule has 0 heterocycles. The average Bonchev–Trinajstić information content (AvgIpc) is 2.04. The quantitative estimate of drug-likeness (QED) is 0.549. The van der Waals surface area contributed by atoms with Crippen LogP contribution in [0.3, 0.4) is 0 Å². The van der Waals surface area contributed by atoms with Gasteiger partial charge in [0.2, 0.25) is 0 Å². The van der Waals surface area contributed by atoms with Gasteiger partial charge in [-0.15, -0.1) is 0 Å². The maximum absolute atomic E-state index is 3.55. The van der Waals surface area contributed by atoms with E-state index in [9.17, 15) is 0 Å². The Morgan fingerprint density at radius 2 is 2.00 bits per heavy atom. The van der Waals surface area contributed by atoms with Gasteiger partial charge in [-0.25, -0.2) is 0 Å². The third-order valence-corrected chi connectivity index (χ3v) is 2.22. The molecule has 0 aromatic heterocycles. The van der Waals surface area contributed by atoms with Crippen molar-refractivity contribution in [1.29, 1.82) is 0 Å². The van der Waals surface area contributed by atoms with Crippen LogP contribution in [0.5, 0.6) is 0 Å². The zero-order valence-corrected chi connectivity index (χ0v) is 7.89. The second-order valence-corrected chi connectivity index (χ2v) is 3.06. The number of benzene rings is 1.